The molecule has 142 valence electrons. The number of benzene rings is 1. The van der Waals surface area contributed by atoms with Crippen molar-refractivity contribution in [1.29, 1.82) is 0 Å². The number of nitrogens with one attached hydrogen (secondary N) is 2. The van der Waals surface area contributed by atoms with Crippen LogP contribution in [0, 0.1) is 0 Å². The molecule has 0 radical (unpaired) electrons. The molecule has 2 aliphatic rings. The first kappa shape index (κ1) is 18.7. The fraction of sp³-hybridized carbons (Fsp3) is 0.600. The van der Waals surface area contributed by atoms with Gasteiger partial charge in [0.1, 0.15) is 5.75 Å². The predicted octanol–water partition coefficient (Wildman–Crippen LogP) is 2.01. The zero-order chi connectivity index (χ0) is 18.5. The maximum Gasteiger partial charge on any atom is 0.222 e. The minimum absolute atomic E-state index is 0.00978. The van der Waals surface area contributed by atoms with Crippen molar-refractivity contribution in [3.63, 3.8) is 0 Å². The Hall–Kier alpha value is -2.08. The summed E-state index contributed by atoms with van der Waals surface area (Å²) in [6, 6.07) is 8.18. The van der Waals surface area contributed by atoms with E-state index in [4.69, 9.17) is 4.74 Å². The number of likely N-dealkylation sites (tertiary alicyclic amines) is 1. The minimum atomic E-state index is -0.329. The zero-order valence-electron chi connectivity index (χ0n) is 15.7. The van der Waals surface area contributed by atoms with Crippen molar-refractivity contribution >= 4 is 11.8 Å². The molecule has 0 bridgehead atoms. The first-order chi connectivity index (χ1) is 12.5. The molecule has 0 aromatic heterocycles. The van der Waals surface area contributed by atoms with Gasteiger partial charge in [0.2, 0.25) is 11.8 Å². The molecule has 1 aliphatic heterocycles. The minimum Gasteiger partial charge on any atom is -0.497 e. The molecule has 2 fully saturated rings. The van der Waals surface area contributed by atoms with Crippen molar-refractivity contribution in [3.05, 3.63) is 29.8 Å². The van der Waals surface area contributed by atoms with Gasteiger partial charge in [-0.1, -0.05) is 12.1 Å². The maximum atomic E-state index is 12.5. The Morgan fingerprint density at radius 2 is 1.81 bits per heavy atom. The third-order valence-electron chi connectivity index (χ3n) is 5.24. The summed E-state index contributed by atoms with van der Waals surface area (Å²) in [6.07, 6.45) is 4.93. The van der Waals surface area contributed by atoms with E-state index in [1.165, 1.54) is 19.8 Å². The van der Waals surface area contributed by atoms with E-state index in [-0.39, 0.29) is 30.3 Å². The molecule has 1 saturated carbocycles. The molecule has 6 heteroatoms. The Morgan fingerprint density at radius 3 is 2.35 bits per heavy atom. The molecule has 1 aromatic rings. The van der Waals surface area contributed by atoms with Crippen LogP contribution >= 0.6 is 0 Å². The molecule has 6 nitrogen and oxygen atoms in total. The van der Waals surface area contributed by atoms with Gasteiger partial charge in [0.15, 0.2) is 0 Å². The quantitative estimate of drug-likeness (QED) is 0.781. The summed E-state index contributed by atoms with van der Waals surface area (Å²) >= 11 is 0. The number of carbonyl (C=O) groups excluding carboxylic acids is 2. The number of piperidine rings is 1. The van der Waals surface area contributed by atoms with Gasteiger partial charge in [0.25, 0.3) is 0 Å². The van der Waals surface area contributed by atoms with Crippen LogP contribution in [0.4, 0.5) is 0 Å². The van der Waals surface area contributed by atoms with E-state index in [0.29, 0.717) is 0 Å². The van der Waals surface area contributed by atoms with Crippen LogP contribution in [0.5, 0.6) is 5.75 Å². The molecule has 1 aromatic carbocycles. The molecule has 1 atom stereocenters. The van der Waals surface area contributed by atoms with E-state index in [2.05, 4.69) is 15.5 Å². The summed E-state index contributed by atoms with van der Waals surface area (Å²) < 4.78 is 5.17. The zero-order valence-corrected chi connectivity index (χ0v) is 15.7. The normalized spacial score (nSPS) is 19.6. The lowest BCUT2D eigenvalue weighted by Gasteiger charge is -2.32. The molecular formula is C20H29N3O3. The smallest absolute Gasteiger partial charge is 0.222 e. The van der Waals surface area contributed by atoms with Gasteiger partial charge in [-0.2, -0.15) is 0 Å². The topological polar surface area (TPSA) is 70.7 Å². The van der Waals surface area contributed by atoms with Crippen molar-refractivity contribution in [2.75, 3.05) is 20.2 Å². The van der Waals surface area contributed by atoms with Gasteiger partial charge in [0.05, 0.1) is 19.6 Å². The Labute approximate surface area is 155 Å². The second kappa shape index (κ2) is 8.54. The molecule has 1 unspecified atom stereocenters. The Bertz CT molecular complexity index is 620. The first-order valence-corrected chi connectivity index (χ1v) is 9.49. The Morgan fingerprint density at radius 1 is 1.15 bits per heavy atom. The van der Waals surface area contributed by atoms with E-state index in [1.54, 1.807) is 7.11 Å². The number of carbonyl (C=O) groups is 2. The third kappa shape index (κ3) is 5.21. The summed E-state index contributed by atoms with van der Waals surface area (Å²) in [5.74, 6) is 0.600. The number of methoxy groups -OCH3 is 1. The van der Waals surface area contributed by atoms with Gasteiger partial charge >= 0.3 is 0 Å². The molecule has 2 amide bonds. The standard InChI is InChI=1S/C20H29N3O3/c1-14(24)21-19(15-3-7-18(26-2)8-4-15)13-20(25)22-16-9-11-23(12-10-16)17-5-6-17/h3-4,7-8,16-17,19H,5-6,9-13H2,1-2H3,(H,21,24)(H,22,25). The second-order valence-corrected chi connectivity index (χ2v) is 7.34. The maximum absolute atomic E-state index is 12.5. The Balaban J connectivity index is 1.53. The fourth-order valence-corrected chi connectivity index (χ4v) is 3.65. The van der Waals surface area contributed by atoms with Gasteiger partial charge in [-0.25, -0.2) is 0 Å². The number of rotatable bonds is 7. The number of nitrogens with zero attached hydrogens (tertiary/aromatic N) is 1. The molecule has 1 aliphatic carbocycles. The van der Waals surface area contributed by atoms with Gasteiger partial charge in [-0.15, -0.1) is 0 Å². The summed E-state index contributed by atoms with van der Waals surface area (Å²) in [7, 11) is 1.61. The van der Waals surface area contributed by atoms with Crippen molar-refractivity contribution in [3.8, 4) is 5.75 Å². The number of hydrogen-bond donors (Lipinski definition) is 2. The van der Waals surface area contributed by atoms with Crippen molar-refractivity contribution in [2.45, 2.75) is 57.2 Å². The summed E-state index contributed by atoms with van der Waals surface area (Å²) in [5, 5.41) is 6.04. The summed E-state index contributed by atoms with van der Waals surface area (Å²) in [6.45, 7) is 3.62. The molecule has 1 heterocycles. The Kier molecular flexibility index (Phi) is 6.14. The van der Waals surface area contributed by atoms with E-state index in [1.807, 2.05) is 24.3 Å². The van der Waals surface area contributed by atoms with Crippen LogP contribution in [0.2, 0.25) is 0 Å². The van der Waals surface area contributed by atoms with Gasteiger partial charge < -0.3 is 20.3 Å². The summed E-state index contributed by atoms with van der Waals surface area (Å²) in [4.78, 5) is 26.6. The van der Waals surface area contributed by atoms with Crippen LogP contribution in [-0.4, -0.2) is 49.0 Å². The van der Waals surface area contributed by atoms with Crippen molar-refractivity contribution < 1.29 is 14.3 Å². The largest absolute Gasteiger partial charge is 0.497 e. The monoisotopic (exact) mass is 359 g/mol. The van der Waals surface area contributed by atoms with Crippen molar-refractivity contribution in [2.24, 2.45) is 0 Å². The number of ether oxygens (including phenoxy) is 1. The lowest BCUT2D eigenvalue weighted by atomic mass is 10.0. The van der Waals surface area contributed by atoms with E-state index in [0.717, 1.165) is 43.3 Å². The van der Waals surface area contributed by atoms with Crippen LogP contribution in [0.15, 0.2) is 24.3 Å². The molecule has 26 heavy (non-hydrogen) atoms. The molecule has 1 saturated heterocycles. The fourth-order valence-electron chi connectivity index (χ4n) is 3.65. The van der Waals surface area contributed by atoms with Crippen molar-refractivity contribution in [1.82, 2.24) is 15.5 Å². The molecule has 0 spiro atoms. The molecular weight excluding hydrogens is 330 g/mol. The highest BCUT2D eigenvalue weighted by atomic mass is 16.5. The lowest BCUT2D eigenvalue weighted by molar-refractivity contribution is -0.123. The molecule has 2 N–H and O–H groups in total. The van der Waals surface area contributed by atoms with Crippen LogP contribution < -0.4 is 15.4 Å². The number of amides is 2. The highest BCUT2D eigenvalue weighted by molar-refractivity contribution is 5.79. The van der Waals surface area contributed by atoms with Crippen LogP contribution in [-0.2, 0) is 9.59 Å². The van der Waals surface area contributed by atoms with E-state index in [9.17, 15) is 9.59 Å². The van der Waals surface area contributed by atoms with Gasteiger partial charge in [-0.3, -0.25) is 9.59 Å². The van der Waals surface area contributed by atoms with Gasteiger partial charge in [-0.05, 0) is 43.4 Å². The van der Waals surface area contributed by atoms with Crippen LogP contribution in [0.1, 0.15) is 50.6 Å². The summed E-state index contributed by atoms with van der Waals surface area (Å²) in [5.41, 5.74) is 0.903. The predicted molar refractivity (Wildman–Crippen MR) is 99.9 cm³/mol. The third-order valence-corrected chi connectivity index (χ3v) is 5.24. The number of hydrogen-bond acceptors (Lipinski definition) is 4. The SMILES string of the molecule is COc1ccc(C(CC(=O)NC2CCN(C3CC3)CC2)NC(C)=O)cc1. The lowest BCUT2D eigenvalue weighted by Crippen LogP contribution is -2.46. The first-order valence-electron chi connectivity index (χ1n) is 9.49. The highest BCUT2D eigenvalue weighted by Crippen LogP contribution is 2.29. The van der Waals surface area contributed by atoms with Crippen LogP contribution in [0.25, 0.3) is 0 Å². The average molecular weight is 359 g/mol. The highest BCUT2D eigenvalue weighted by Gasteiger charge is 2.32. The van der Waals surface area contributed by atoms with Gasteiger partial charge in [0, 0.05) is 32.1 Å². The molecule has 3 rings (SSSR count). The average Bonchev–Trinajstić information content (AvgIpc) is 3.46. The van der Waals surface area contributed by atoms with Crippen LogP contribution in [0.3, 0.4) is 0 Å². The van der Waals surface area contributed by atoms with E-state index < -0.39 is 0 Å². The van der Waals surface area contributed by atoms with E-state index >= 15 is 0 Å². The second-order valence-electron chi connectivity index (χ2n) is 7.34.